The molecule has 0 saturated carbocycles. The maximum Gasteiger partial charge on any atom is 0.337 e. The molecule has 9 heteroatoms. The van der Waals surface area contributed by atoms with Crippen LogP contribution >= 0.6 is 11.8 Å². The molecule has 0 aromatic carbocycles. The molecule has 2 aliphatic rings. The molecule has 0 aliphatic carbocycles. The van der Waals surface area contributed by atoms with Gasteiger partial charge in [-0.3, -0.25) is 14.7 Å². The highest BCUT2D eigenvalue weighted by Crippen LogP contribution is 2.34. The van der Waals surface area contributed by atoms with Crippen molar-refractivity contribution in [1.29, 1.82) is 0 Å². The fourth-order valence-corrected chi connectivity index (χ4v) is 4.38. The first-order chi connectivity index (χ1) is 15.8. The van der Waals surface area contributed by atoms with Crippen molar-refractivity contribution in [3.8, 4) is 0 Å². The Kier molecular flexibility index (Phi) is 8.62. The molecule has 1 unspecified atom stereocenters. The van der Waals surface area contributed by atoms with Gasteiger partial charge in [0.05, 0.1) is 17.5 Å². The fourth-order valence-electron chi connectivity index (χ4n) is 3.38. The summed E-state index contributed by atoms with van der Waals surface area (Å²) in [5.74, 6) is -1.68. The van der Waals surface area contributed by atoms with E-state index in [-0.39, 0.29) is 35.3 Å². The van der Waals surface area contributed by atoms with Gasteiger partial charge in [-0.1, -0.05) is 12.6 Å². The largest absolute Gasteiger partial charge is 0.478 e. The number of allylic oxidation sites excluding steroid dienone is 3. The van der Waals surface area contributed by atoms with Crippen molar-refractivity contribution in [2.75, 3.05) is 26.2 Å². The molecule has 7 nitrogen and oxygen atoms in total. The molecular weight excluding hydrogens is 443 g/mol. The lowest BCUT2D eigenvalue weighted by Gasteiger charge is -2.23. The number of rotatable bonds is 4. The third-order valence-electron chi connectivity index (χ3n) is 5.11. The number of thioether (sulfide) groups is 1. The van der Waals surface area contributed by atoms with Gasteiger partial charge in [-0.25, -0.2) is 9.18 Å². The summed E-state index contributed by atoms with van der Waals surface area (Å²) < 4.78 is 14.9. The van der Waals surface area contributed by atoms with Crippen LogP contribution in [0.2, 0.25) is 0 Å². The van der Waals surface area contributed by atoms with E-state index in [9.17, 15) is 19.1 Å². The molecule has 0 spiro atoms. The van der Waals surface area contributed by atoms with E-state index in [1.54, 1.807) is 42.9 Å². The Morgan fingerprint density at radius 2 is 2.18 bits per heavy atom. The lowest BCUT2D eigenvalue weighted by Crippen LogP contribution is -2.36. The molecule has 2 aliphatic heterocycles. The van der Waals surface area contributed by atoms with Crippen LogP contribution in [-0.2, 0) is 4.79 Å². The number of nitrogens with one attached hydrogen (secondary N) is 2. The standard InChI is InChI=1S/C24H27FN4O3S/c1-16-18-13-19(25)7-11-29(15-21(30)20-5-3-4-8-27-20)12-10-26-9-6-22(23(16)24(31)32)33-17(2)28-14-18/h3-6,8-9,13-14,17,26,28H,1,7,10-12,15H2,2H3,(H,31,32)/b9-6+,18-14-,19-13+,23-22-. The summed E-state index contributed by atoms with van der Waals surface area (Å²) in [6, 6.07) is 5.16. The second-order valence-corrected chi connectivity index (χ2v) is 8.97. The second kappa shape index (κ2) is 11.6. The number of pyridine rings is 1. The minimum atomic E-state index is -1.12. The van der Waals surface area contributed by atoms with Crippen molar-refractivity contribution in [3.63, 3.8) is 0 Å². The average molecular weight is 471 g/mol. The van der Waals surface area contributed by atoms with Gasteiger partial charge in [0, 0.05) is 48.9 Å². The number of Topliss-reactive ketones (excluding diaryl/α,β-unsaturated/α-hetero) is 1. The van der Waals surface area contributed by atoms with Gasteiger partial charge in [-0.2, -0.15) is 0 Å². The Morgan fingerprint density at radius 1 is 1.36 bits per heavy atom. The number of carbonyl (C=O) groups is 2. The molecule has 0 fully saturated rings. The topological polar surface area (TPSA) is 94.6 Å². The van der Waals surface area contributed by atoms with E-state index >= 15 is 0 Å². The van der Waals surface area contributed by atoms with E-state index < -0.39 is 11.8 Å². The maximum atomic E-state index is 14.9. The summed E-state index contributed by atoms with van der Waals surface area (Å²) in [7, 11) is 0. The van der Waals surface area contributed by atoms with Crippen molar-refractivity contribution in [2.45, 2.75) is 18.7 Å². The van der Waals surface area contributed by atoms with Gasteiger partial charge >= 0.3 is 5.97 Å². The number of aromatic nitrogens is 1. The minimum absolute atomic E-state index is 0.0429. The number of aliphatic carboxylic acids is 1. The number of hydrogen-bond acceptors (Lipinski definition) is 7. The number of fused-ring (bicyclic) bond motifs is 2. The van der Waals surface area contributed by atoms with Crippen LogP contribution in [0, 0.1) is 0 Å². The highest BCUT2D eigenvalue weighted by Gasteiger charge is 2.23. The van der Waals surface area contributed by atoms with E-state index in [0.717, 1.165) is 0 Å². The molecular formula is C24H27FN4O3S. The molecule has 1 aromatic rings. The SMILES string of the molecule is C=C1C2=C\NC(C)SC(=C/1C(=O)O)/C=C/NCCN(CC(=O)c1ccccn1)CC/C(F)=C\2. The van der Waals surface area contributed by atoms with Crippen LogP contribution in [0.15, 0.2) is 83.0 Å². The average Bonchev–Trinajstić information content (AvgIpc) is 2.78. The van der Waals surface area contributed by atoms with E-state index in [2.05, 4.69) is 22.2 Å². The van der Waals surface area contributed by atoms with E-state index in [1.165, 1.54) is 17.8 Å². The Labute approximate surface area is 196 Å². The summed E-state index contributed by atoms with van der Waals surface area (Å²) >= 11 is 1.34. The van der Waals surface area contributed by atoms with E-state index in [4.69, 9.17) is 0 Å². The van der Waals surface area contributed by atoms with Crippen molar-refractivity contribution < 1.29 is 19.1 Å². The first-order valence-corrected chi connectivity index (χ1v) is 11.5. The first-order valence-electron chi connectivity index (χ1n) is 10.6. The van der Waals surface area contributed by atoms with Crippen molar-refractivity contribution in [3.05, 3.63) is 88.7 Å². The van der Waals surface area contributed by atoms with Crippen LogP contribution < -0.4 is 10.6 Å². The van der Waals surface area contributed by atoms with Gasteiger partial charge in [-0.15, -0.1) is 11.8 Å². The summed E-state index contributed by atoms with van der Waals surface area (Å²) in [4.78, 5) is 31.1. The second-order valence-electron chi connectivity index (χ2n) is 7.59. The van der Waals surface area contributed by atoms with Crippen LogP contribution in [0.4, 0.5) is 4.39 Å². The molecule has 33 heavy (non-hydrogen) atoms. The fraction of sp³-hybridized carbons (Fsp3) is 0.292. The lowest BCUT2D eigenvalue weighted by atomic mass is 9.98. The van der Waals surface area contributed by atoms with Crippen molar-refractivity contribution in [2.24, 2.45) is 0 Å². The zero-order chi connectivity index (χ0) is 23.8. The van der Waals surface area contributed by atoms with Gasteiger partial charge < -0.3 is 15.7 Å². The highest BCUT2D eigenvalue weighted by atomic mass is 32.2. The molecule has 1 atom stereocenters. The van der Waals surface area contributed by atoms with Gasteiger partial charge in [0.2, 0.25) is 0 Å². The monoisotopic (exact) mass is 470 g/mol. The molecule has 0 radical (unpaired) electrons. The molecule has 1 aromatic heterocycles. The lowest BCUT2D eigenvalue weighted by molar-refractivity contribution is -0.132. The van der Waals surface area contributed by atoms with Crippen LogP contribution in [0.1, 0.15) is 23.8 Å². The summed E-state index contributed by atoms with van der Waals surface area (Å²) in [6.07, 6.45) is 7.92. The minimum Gasteiger partial charge on any atom is -0.478 e. The van der Waals surface area contributed by atoms with Crippen molar-refractivity contribution in [1.82, 2.24) is 20.5 Å². The van der Waals surface area contributed by atoms with Crippen LogP contribution in [0.5, 0.6) is 0 Å². The highest BCUT2D eigenvalue weighted by molar-refractivity contribution is 8.03. The van der Waals surface area contributed by atoms with Crippen LogP contribution in [-0.4, -0.2) is 58.3 Å². The van der Waals surface area contributed by atoms with Crippen molar-refractivity contribution >= 4 is 23.5 Å². The molecule has 2 bridgehead atoms. The van der Waals surface area contributed by atoms with Gasteiger partial charge in [0.15, 0.2) is 5.78 Å². The maximum absolute atomic E-state index is 14.9. The predicted octanol–water partition coefficient (Wildman–Crippen LogP) is 3.39. The normalized spacial score (nSPS) is 26.8. The zero-order valence-corrected chi connectivity index (χ0v) is 19.2. The van der Waals surface area contributed by atoms with E-state index in [0.29, 0.717) is 35.8 Å². The molecule has 3 heterocycles. The Morgan fingerprint density at radius 3 is 2.91 bits per heavy atom. The third-order valence-corrected chi connectivity index (χ3v) is 6.19. The number of halogens is 1. The Hall–Kier alpha value is -3.17. The van der Waals surface area contributed by atoms with Crippen LogP contribution in [0.25, 0.3) is 0 Å². The summed E-state index contributed by atoms with van der Waals surface area (Å²) in [6.45, 7) is 7.26. The Bertz CT molecular complexity index is 1030. The van der Waals surface area contributed by atoms with Gasteiger partial charge in [-0.05, 0) is 43.0 Å². The van der Waals surface area contributed by atoms with Gasteiger partial charge in [0.1, 0.15) is 11.5 Å². The summed E-state index contributed by atoms with van der Waals surface area (Å²) in [5.41, 5.74) is 1.01. The van der Waals surface area contributed by atoms with Crippen LogP contribution in [0.3, 0.4) is 0 Å². The molecule has 3 rings (SSSR count). The number of carbonyl (C=O) groups excluding carboxylic acids is 1. The van der Waals surface area contributed by atoms with Gasteiger partial charge in [0.25, 0.3) is 0 Å². The number of ketones is 1. The first kappa shape index (κ1) is 24.5. The number of hydrogen-bond donors (Lipinski definition) is 3. The van der Waals surface area contributed by atoms with E-state index in [1.807, 2.05) is 11.8 Å². The zero-order valence-electron chi connectivity index (χ0n) is 18.4. The number of carboxylic acid groups (broad SMARTS) is 1. The molecule has 0 amide bonds. The smallest absolute Gasteiger partial charge is 0.337 e. The molecule has 3 N–H and O–H groups in total. The third kappa shape index (κ3) is 6.90. The summed E-state index contributed by atoms with van der Waals surface area (Å²) in [5, 5.41) is 16.0. The number of nitrogens with zero attached hydrogens (tertiary/aromatic N) is 2. The molecule has 0 saturated heterocycles. The quantitative estimate of drug-likeness (QED) is 0.577. The Balaban J connectivity index is 1.88. The predicted molar refractivity (Wildman–Crippen MR) is 128 cm³/mol. The number of carboxylic acids is 1. The molecule has 174 valence electrons.